The first-order valence-corrected chi connectivity index (χ1v) is 13.9. The number of carbonyl (C=O) groups is 1. The molecule has 2 aliphatic rings. The van der Waals surface area contributed by atoms with Gasteiger partial charge in [0, 0.05) is 33.4 Å². The molecule has 0 heterocycles. The molecule has 2 fully saturated rings. The van der Waals surface area contributed by atoms with Gasteiger partial charge in [-0.1, -0.05) is 25.0 Å². The lowest BCUT2D eigenvalue weighted by Gasteiger charge is -2.36. The summed E-state index contributed by atoms with van der Waals surface area (Å²) in [5.74, 6) is 0.794. The largest absolute Gasteiger partial charge is 0.497 e. The van der Waals surface area contributed by atoms with Crippen LogP contribution in [0.1, 0.15) is 58.3 Å². The van der Waals surface area contributed by atoms with E-state index in [-0.39, 0.29) is 23.7 Å². The quantitative estimate of drug-likeness (QED) is 0.358. The maximum atomic E-state index is 15.1. The number of methoxy groups -OCH3 is 1. The van der Waals surface area contributed by atoms with Gasteiger partial charge in [0.25, 0.3) is 0 Å². The number of carbonyl (C=O) groups excluding carboxylic acids is 1. The Hall–Kier alpha value is -1.87. The van der Waals surface area contributed by atoms with Crippen molar-refractivity contribution < 1.29 is 13.9 Å². The molecule has 2 aromatic carbocycles. The van der Waals surface area contributed by atoms with Crippen molar-refractivity contribution in [3.8, 4) is 16.9 Å². The summed E-state index contributed by atoms with van der Waals surface area (Å²) in [7, 11) is 1.61. The van der Waals surface area contributed by atoms with Gasteiger partial charge in [-0.05, 0) is 104 Å². The lowest BCUT2D eigenvalue weighted by atomic mass is 9.81. The first kappa shape index (κ1) is 26.2. The van der Waals surface area contributed by atoms with Crippen LogP contribution in [0.3, 0.4) is 0 Å². The molecule has 35 heavy (non-hydrogen) atoms. The van der Waals surface area contributed by atoms with Crippen LogP contribution in [0.25, 0.3) is 11.1 Å². The predicted molar refractivity (Wildman–Crippen MR) is 148 cm³/mol. The van der Waals surface area contributed by atoms with Gasteiger partial charge in [0.15, 0.2) is 0 Å². The summed E-state index contributed by atoms with van der Waals surface area (Å²) in [5, 5.41) is 3.53. The fourth-order valence-electron chi connectivity index (χ4n) is 5.77. The number of nitrogens with two attached hydrogens (primary N) is 1. The SMILES string of the molecule is CCN(C(=O)C(N)C1CCC(Nc2cc(F)c(-c3cccc(OC)c3)c(I)c2)CC1)C1CCCC1. The number of rotatable bonds is 8. The van der Waals surface area contributed by atoms with E-state index >= 15 is 4.39 Å². The van der Waals surface area contributed by atoms with Gasteiger partial charge in [-0.3, -0.25) is 4.79 Å². The number of halogens is 2. The summed E-state index contributed by atoms with van der Waals surface area (Å²) in [4.78, 5) is 15.2. The standard InChI is InChI=1S/C28H37FIN3O2/c1-3-33(22-8-4-5-9-22)28(34)27(31)18-11-13-20(14-12-18)32-21-16-24(29)26(25(30)17-21)19-7-6-10-23(15-19)35-2/h6-7,10,15-18,20,22,27,32H,3-5,8-9,11-14,31H2,1-2H3. The number of nitrogens with zero attached hydrogens (tertiary/aromatic N) is 1. The molecule has 0 spiro atoms. The van der Waals surface area contributed by atoms with Crippen molar-refractivity contribution in [2.75, 3.05) is 19.0 Å². The van der Waals surface area contributed by atoms with Crippen molar-refractivity contribution in [2.24, 2.45) is 11.7 Å². The topological polar surface area (TPSA) is 67.6 Å². The lowest BCUT2D eigenvalue weighted by molar-refractivity contribution is -0.136. The van der Waals surface area contributed by atoms with Gasteiger partial charge in [-0.25, -0.2) is 4.39 Å². The molecule has 1 unspecified atom stereocenters. The van der Waals surface area contributed by atoms with E-state index in [0.717, 1.165) is 59.9 Å². The predicted octanol–water partition coefficient (Wildman–Crippen LogP) is 6.20. The second-order valence-electron chi connectivity index (χ2n) is 9.89. The van der Waals surface area contributed by atoms with Crippen molar-refractivity contribution in [3.63, 3.8) is 0 Å². The van der Waals surface area contributed by atoms with Crippen LogP contribution in [0.5, 0.6) is 5.75 Å². The van der Waals surface area contributed by atoms with E-state index in [1.54, 1.807) is 13.2 Å². The van der Waals surface area contributed by atoms with E-state index in [1.165, 1.54) is 12.8 Å². The smallest absolute Gasteiger partial charge is 0.240 e. The number of likely N-dealkylation sites (N-methyl/N-ethyl adjacent to an activating group) is 1. The van der Waals surface area contributed by atoms with Gasteiger partial charge in [0.05, 0.1) is 13.2 Å². The number of anilines is 1. The molecule has 3 N–H and O–H groups in total. The molecule has 0 aliphatic heterocycles. The van der Waals surface area contributed by atoms with Gasteiger partial charge in [0.1, 0.15) is 11.6 Å². The number of hydrogen-bond donors (Lipinski definition) is 2. The Labute approximate surface area is 222 Å². The summed E-state index contributed by atoms with van der Waals surface area (Å²) in [6, 6.07) is 11.3. The van der Waals surface area contributed by atoms with Gasteiger partial charge < -0.3 is 20.7 Å². The van der Waals surface area contributed by atoms with Crippen molar-refractivity contribution in [1.29, 1.82) is 0 Å². The molecule has 0 aromatic heterocycles. The average Bonchev–Trinajstić information content (AvgIpc) is 3.39. The van der Waals surface area contributed by atoms with E-state index in [2.05, 4.69) is 34.8 Å². The zero-order chi connectivity index (χ0) is 24.9. The van der Waals surface area contributed by atoms with Crippen LogP contribution < -0.4 is 15.8 Å². The third-order valence-corrected chi connectivity index (χ3v) is 8.58. The molecule has 190 valence electrons. The summed E-state index contributed by atoms with van der Waals surface area (Å²) in [6.45, 7) is 2.80. The third kappa shape index (κ3) is 6.10. The first-order valence-electron chi connectivity index (χ1n) is 12.9. The number of benzene rings is 2. The second kappa shape index (κ2) is 11.9. The number of hydrogen-bond acceptors (Lipinski definition) is 4. The van der Waals surface area contributed by atoms with Crippen molar-refractivity contribution in [2.45, 2.75) is 76.4 Å². The summed E-state index contributed by atoms with van der Waals surface area (Å²) in [6.07, 6.45) is 8.31. The Morgan fingerprint density at radius 3 is 2.51 bits per heavy atom. The maximum absolute atomic E-state index is 15.1. The monoisotopic (exact) mass is 593 g/mol. The Bertz CT molecular complexity index is 996. The van der Waals surface area contributed by atoms with Gasteiger partial charge in [-0.15, -0.1) is 0 Å². The highest BCUT2D eigenvalue weighted by Gasteiger charge is 2.34. The van der Waals surface area contributed by atoms with Crippen LogP contribution in [-0.2, 0) is 4.79 Å². The molecular weight excluding hydrogens is 556 g/mol. The number of amides is 1. The summed E-state index contributed by atoms with van der Waals surface area (Å²) < 4.78 is 21.3. The van der Waals surface area contributed by atoms with E-state index in [4.69, 9.17) is 10.5 Å². The minimum atomic E-state index is -0.419. The van der Waals surface area contributed by atoms with Crippen molar-refractivity contribution in [1.82, 2.24) is 4.90 Å². The summed E-state index contributed by atoms with van der Waals surface area (Å²) in [5.41, 5.74) is 8.68. The maximum Gasteiger partial charge on any atom is 0.240 e. The van der Waals surface area contributed by atoms with Gasteiger partial charge in [0.2, 0.25) is 5.91 Å². The number of nitrogens with one attached hydrogen (secondary N) is 1. The molecule has 1 amide bonds. The van der Waals surface area contributed by atoms with E-state index in [9.17, 15) is 4.79 Å². The van der Waals surface area contributed by atoms with E-state index < -0.39 is 6.04 Å². The molecule has 7 heteroatoms. The Morgan fingerprint density at radius 1 is 1.17 bits per heavy atom. The van der Waals surface area contributed by atoms with E-state index in [1.807, 2.05) is 35.2 Å². The summed E-state index contributed by atoms with van der Waals surface area (Å²) >= 11 is 2.20. The van der Waals surface area contributed by atoms with Crippen molar-refractivity contribution >= 4 is 34.2 Å². The average molecular weight is 594 g/mol. The second-order valence-corrected chi connectivity index (χ2v) is 11.1. The fourth-order valence-corrected chi connectivity index (χ4v) is 6.68. The van der Waals surface area contributed by atoms with Crippen LogP contribution in [0.2, 0.25) is 0 Å². The van der Waals surface area contributed by atoms with Gasteiger partial charge >= 0.3 is 0 Å². The van der Waals surface area contributed by atoms with Crippen LogP contribution in [-0.4, -0.2) is 42.6 Å². The molecule has 1 atom stereocenters. The Balaban J connectivity index is 1.36. The minimum Gasteiger partial charge on any atom is -0.497 e. The highest BCUT2D eigenvalue weighted by atomic mass is 127. The molecule has 0 radical (unpaired) electrons. The van der Waals surface area contributed by atoms with Crippen molar-refractivity contribution in [3.05, 3.63) is 45.8 Å². The molecule has 2 saturated carbocycles. The highest BCUT2D eigenvalue weighted by Crippen LogP contribution is 2.35. The highest BCUT2D eigenvalue weighted by molar-refractivity contribution is 14.1. The molecule has 0 saturated heterocycles. The third-order valence-electron chi connectivity index (χ3n) is 7.73. The molecule has 2 aliphatic carbocycles. The Morgan fingerprint density at radius 2 is 1.89 bits per heavy atom. The minimum absolute atomic E-state index is 0.126. The molecular formula is C28H37FIN3O2. The van der Waals surface area contributed by atoms with Crippen LogP contribution in [0.15, 0.2) is 36.4 Å². The fraction of sp³-hybridized carbons (Fsp3) is 0.536. The molecule has 2 aromatic rings. The Kier molecular flexibility index (Phi) is 8.92. The van der Waals surface area contributed by atoms with E-state index in [0.29, 0.717) is 17.4 Å². The first-order chi connectivity index (χ1) is 16.9. The van der Waals surface area contributed by atoms with Gasteiger partial charge in [-0.2, -0.15) is 0 Å². The normalized spacial score (nSPS) is 21.5. The lowest BCUT2D eigenvalue weighted by Crippen LogP contribution is -2.51. The molecule has 4 rings (SSSR count). The molecule has 0 bridgehead atoms. The zero-order valence-corrected chi connectivity index (χ0v) is 22.9. The van der Waals surface area contributed by atoms with Crippen LogP contribution in [0.4, 0.5) is 10.1 Å². The molecule has 5 nitrogen and oxygen atoms in total. The number of ether oxygens (including phenoxy) is 1. The van der Waals surface area contributed by atoms with Crippen LogP contribution in [0, 0.1) is 15.3 Å². The zero-order valence-electron chi connectivity index (χ0n) is 20.7. The van der Waals surface area contributed by atoms with Crippen LogP contribution >= 0.6 is 22.6 Å².